The summed E-state index contributed by atoms with van der Waals surface area (Å²) in [5.41, 5.74) is 2.15. The lowest BCUT2D eigenvalue weighted by Gasteiger charge is -2.26. The van der Waals surface area contributed by atoms with Gasteiger partial charge in [-0.1, -0.05) is 25.1 Å². The SMILES string of the molecule is CCCn1cc(C=C2C(=O)NC(=O)N(c3ccc(I)cc3)C2=O)c2ccccc21. The smallest absolute Gasteiger partial charge is 0.335 e. The number of barbiturate groups is 1. The molecule has 1 fully saturated rings. The van der Waals surface area contributed by atoms with Gasteiger partial charge in [0.1, 0.15) is 5.57 Å². The quantitative estimate of drug-likeness (QED) is 0.330. The minimum absolute atomic E-state index is 0.0671. The second-order valence-electron chi connectivity index (χ2n) is 6.73. The van der Waals surface area contributed by atoms with Crippen molar-refractivity contribution in [3.63, 3.8) is 0 Å². The molecule has 4 amide bonds. The normalized spacial score (nSPS) is 16.0. The number of carbonyl (C=O) groups excluding carboxylic acids is 3. The molecule has 3 aromatic rings. The Kier molecular flexibility index (Phi) is 5.23. The largest absolute Gasteiger partial charge is 0.347 e. The van der Waals surface area contributed by atoms with Crippen LogP contribution in [0.4, 0.5) is 10.5 Å². The lowest BCUT2D eigenvalue weighted by molar-refractivity contribution is -0.122. The Hall–Kier alpha value is -2.94. The van der Waals surface area contributed by atoms with Gasteiger partial charge in [-0.05, 0) is 65.4 Å². The second-order valence-corrected chi connectivity index (χ2v) is 7.97. The van der Waals surface area contributed by atoms with Gasteiger partial charge in [0, 0.05) is 32.8 Å². The number of imide groups is 2. The molecule has 6 nitrogen and oxygen atoms in total. The van der Waals surface area contributed by atoms with Crippen LogP contribution >= 0.6 is 22.6 Å². The fourth-order valence-electron chi connectivity index (χ4n) is 3.45. The van der Waals surface area contributed by atoms with Gasteiger partial charge in [-0.25, -0.2) is 9.69 Å². The van der Waals surface area contributed by atoms with E-state index in [2.05, 4.69) is 39.4 Å². The van der Waals surface area contributed by atoms with Crippen molar-refractivity contribution in [1.82, 2.24) is 9.88 Å². The molecule has 1 N–H and O–H groups in total. The number of para-hydroxylation sites is 1. The summed E-state index contributed by atoms with van der Waals surface area (Å²) in [4.78, 5) is 38.9. The topological polar surface area (TPSA) is 71.4 Å². The fraction of sp³-hybridized carbons (Fsp3) is 0.136. The number of urea groups is 1. The number of rotatable bonds is 4. The Morgan fingerprint density at radius 1 is 1.03 bits per heavy atom. The number of anilines is 1. The first-order chi connectivity index (χ1) is 14.0. The molecule has 0 unspecified atom stereocenters. The van der Waals surface area contributed by atoms with Crippen molar-refractivity contribution < 1.29 is 14.4 Å². The Bertz CT molecular complexity index is 1160. The van der Waals surface area contributed by atoms with Gasteiger partial charge in [-0.2, -0.15) is 0 Å². The molecular formula is C22H18IN3O3. The van der Waals surface area contributed by atoms with Crippen molar-refractivity contribution in [1.29, 1.82) is 0 Å². The standard InChI is InChI=1S/C22H18IN3O3/c1-2-11-25-13-14(17-5-3-4-6-19(17)25)12-18-20(27)24-22(29)26(21(18)28)16-9-7-15(23)8-10-16/h3-10,12-13H,2,11H2,1H3,(H,24,27,29). The van der Waals surface area contributed by atoms with Crippen LogP contribution in [0.25, 0.3) is 17.0 Å². The van der Waals surface area contributed by atoms with E-state index in [4.69, 9.17) is 0 Å². The minimum Gasteiger partial charge on any atom is -0.347 e. The van der Waals surface area contributed by atoms with Crippen LogP contribution in [0.1, 0.15) is 18.9 Å². The van der Waals surface area contributed by atoms with Crippen LogP contribution in [0, 0.1) is 3.57 Å². The van der Waals surface area contributed by atoms with Gasteiger partial charge >= 0.3 is 6.03 Å². The Labute approximate surface area is 181 Å². The van der Waals surface area contributed by atoms with Crippen LogP contribution < -0.4 is 10.2 Å². The van der Waals surface area contributed by atoms with Gasteiger partial charge in [0.15, 0.2) is 0 Å². The average Bonchev–Trinajstić information content (AvgIpc) is 3.04. The van der Waals surface area contributed by atoms with Crippen molar-refractivity contribution in [2.45, 2.75) is 19.9 Å². The third-order valence-corrected chi connectivity index (χ3v) is 5.49. The van der Waals surface area contributed by atoms with E-state index in [1.165, 1.54) is 0 Å². The van der Waals surface area contributed by atoms with Crippen LogP contribution in [0.3, 0.4) is 0 Å². The lowest BCUT2D eigenvalue weighted by Crippen LogP contribution is -2.54. The van der Waals surface area contributed by atoms with E-state index in [0.717, 1.165) is 37.9 Å². The summed E-state index contributed by atoms with van der Waals surface area (Å²) in [6.07, 6.45) is 4.47. The Morgan fingerprint density at radius 2 is 1.76 bits per heavy atom. The molecule has 2 aromatic carbocycles. The molecule has 0 aliphatic carbocycles. The van der Waals surface area contributed by atoms with Crippen LogP contribution in [0.2, 0.25) is 0 Å². The molecule has 1 saturated heterocycles. The maximum Gasteiger partial charge on any atom is 0.335 e. The number of nitrogens with one attached hydrogen (secondary N) is 1. The summed E-state index contributed by atoms with van der Waals surface area (Å²) in [5, 5.41) is 3.22. The number of aryl methyl sites for hydroxylation is 1. The third kappa shape index (κ3) is 3.57. The predicted molar refractivity (Wildman–Crippen MR) is 120 cm³/mol. The highest BCUT2D eigenvalue weighted by molar-refractivity contribution is 14.1. The van der Waals surface area contributed by atoms with E-state index in [0.29, 0.717) is 5.69 Å². The van der Waals surface area contributed by atoms with E-state index in [9.17, 15) is 14.4 Å². The van der Waals surface area contributed by atoms with Gasteiger partial charge in [0.25, 0.3) is 11.8 Å². The lowest BCUT2D eigenvalue weighted by atomic mass is 10.1. The van der Waals surface area contributed by atoms with Gasteiger partial charge in [0.2, 0.25) is 0 Å². The van der Waals surface area contributed by atoms with Crippen molar-refractivity contribution in [3.05, 3.63) is 69.4 Å². The maximum atomic E-state index is 13.1. The molecular weight excluding hydrogens is 481 g/mol. The number of benzene rings is 2. The number of hydrogen-bond acceptors (Lipinski definition) is 3. The number of hydrogen-bond donors (Lipinski definition) is 1. The zero-order chi connectivity index (χ0) is 20.5. The molecule has 0 radical (unpaired) electrons. The van der Waals surface area contributed by atoms with E-state index in [-0.39, 0.29) is 5.57 Å². The van der Waals surface area contributed by atoms with Crippen molar-refractivity contribution in [3.8, 4) is 0 Å². The fourth-order valence-corrected chi connectivity index (χ4v) is 3.81. The zero-order valence-corrected chi connectivity index (χ0v) is 17.8. The van der Waals surface area contributed by atoms with Crippen molar-refractivity contribution in [2.24, 2.45) is 0 Å². The van der Waals surface area contributed by atoms with E-state index in [1.54, 1.807) is 30.3 Å². The first-order valence-corrected chi connectivity index (χ1v) is 10.3. The molecule has 0 saturated carbocycles. The van der Waals surface area contributed by atoms with Gasteiger partial charge < -0.3 is 4.57 Å². The highest BCUT2D eigenvalue weighted by atomic mass is 127. The van der Waals surface area contributed by atoms with E-state index in [1.807, 2.05) is 30.5 Å². The summed E-state index contributed by atoms with van der Waals surface area (Å²) < 4.78 is 3.08. The van der Waals surface area contributed by atoms with Crippen LogP contribution in [-0.4, -0.2) is 22.4 Å². The zero-order valence-electron chi connectivity index (χ0n) is 15.7. The minimum atomic E-state index is -0.744. The summed E-state index contributed by atoms with van der Waals surface area (Å²) in [6, 6.07) is 14.1. The molecule has 2 heterocycles. The summed E-state index contributed by atoms with van der Waals surface area (Å²) in [7, 11) is 0. The average molecular weight is 499 g/mol. The molecule has 1 aliphatic heterocycles. The van der Waals surface area contributed by atoms with Crippen LogP contribution in [0.5, 0.6) is 0 Å². The number of halogens is 1. The number of carbonyl (C=O) groups is 3. The molecule has 1 aliphatic rings. The molecule has 0 atom stereocenters. The summed E-state index contributed by atoms with van der Waals surface area (Å²) in [5.74, 6) is -1.32. The molecule has 29 heavy (non-hydrogen) atoms. The Morgan fingerprint density at radius 3 is 2.48 bits per heavy atom. The van der Waals surface area contributed by atoms with Gasteiger partial charge in [-0.15, -0.1) is 0 Å². The highest BCUT2D eigenvalue weighted by Crippen LogP contribution is 2.27. The van der Waals surface area contributed by atoms with Crippen LogP contribution in [0.15, 0.2) is 60.3 Å². The van der Waals surface area contributed by atoms with Gasteiger partial charge in [-0.3, -0.25) is 14.9 Å². The number of fused-ring (bicyclic) bond motifs is 1. The molecule has 0 bridgehead atoms. The Balaban J connectivity index is 1.79. The molecule has 4 rings (SSSR count). The van der Waals surface area contributed by atoms with Crippen molar-refractivity contribution in [2.75, 3.05) is 4.90 Å². The first-order valence-electron chi connectivity index (χ1n) is 9.24. The summed E-state index contributed by atoms with van der Waals surface area (Å²) >= 11 is 2.15. The predicted octanol–water partition coefficient (Wildman–Crippen LogP) is 4.32. The third-order valence-electron chi connectivity index (χ3n) is 4.77. The van der Waals surface area contributed by atoms with E-state index < -0.39 is 17.8 Å². The van der Waals surface area contributed by atoms with Crippen LogP contribution in [-0.2, 0) is 16.1 Å². The van der Waals surface area contributed by atoms with Gasteiger partial charge in [0.05, 0.1) is 5.69 Å². The number of nitrogens with zero attached hydrogens (tertiary/aromatic N) is 2. The highest BCUT2D eigenvalue weighted by Gasteiger charge is 2.36. The number of amides is 4. The summed E-state index contributed by atoms with van der Waals surface area (Å²) in [6.45, 7) is 2.92. The van der Waals surface area contributed by atoms with Crippen molar-refractivity contribution >= 4 is 63.1 Å². The molecule has 0 spiro atoms. The molecule has 146 valence electrons. The monoisotopic (exact) mass is 499 g/mol. The first kappa shape index (κ1) is 19.4. The second kappa shape index (κ2) is 7.82. The number of aromatic nitrogens is 1. The molecule has 7 heteroatoms. The van der Waals surface area contributed by atoms with E-state index >= 15 is 0 Å². The maximum absolute atomic E-state index is 13.1. The molecule has 1 aromatic heterocycles.